The number of aliphatic hydroxyl groups excluding tert-OH is 1. The van der Waals surface area contributed by atoms with Crippen LogP contribution in [0.4, 0.5) is 0 Å². The van der Waals surface area contributed by atoms with Crippen LogP contribution in [-0.4, -0.2) is 208 Å². The molecule has 1 aromatic heterocycles. The fourth-order valence-corrected chi connectivity index (χ4v) is 11.1. The van der Waals surface area contributed by atoms with Gasteiger partial charge in [0.1, 0.15) is 42.6 Å². The third kappa shape index (κ3) is 47.7. The molecule has 0 unspecified atom stereocenters. The minimum absolute atomic E-state index is 0.00800. The molecule has 5 amide bonds. The topological polar surface area (TPSA) is 506 Å². The normalized spacial score (nSPS) is 13.5. The van der Waals surface area contributed by atoms with Crippen LogP contribution < -0.4 is 32.7 Å². The number of nitrogens with one attached hydrogen (secondary N) is 5. The van der Waals surface area contributed by atoms with Crippen LogP contribution in [0.1, 0.15) is 232 Å². The van der Waals surface area contributed by atoms with Crippen LogP contribution in [-0.2, 0) is 92.5 Å². The largest absolute Gasteiger partial charge is 0.481 e. The number of aliphatic carboxylic acids is 4. The minimum atomic E-state index is -1.51. The van der Waals surface area contributed by atoms with E-state index in [0.29, 0.717) is 31.4 Å². The van der Waals surface area contributed by atoms with E-state index in [0.717, 1.165) is 51.4 Å². The SMILES string of the molecule is C[C@@H](O)[C@H](CC(=O)[C@H](CCCCNC(=O)CC[C@H](NC(=O)CC[C@H](CC(=O)COCCOCCNC(=O)COCCOCCCC(=O)CC[C@H](NC(=O)CCCCCCCCCCCCCCCCC(=O)O)C(=O)O)C(=O)O)C(=O)O)CCC(=O)C(C)(C)CC(=O)[C@@H](N)Cc1cnc[nH]1)C(N)=O. The number of imidazole rings is 1. The van der Waals surface area contributed by atoms with Crippen LogP contribution in [0, 0.1) is 23.2 Å². The summed E-state index contributed by atoms with van der Waals surface area (Å²) in [5, 5.41) is 58.0. The van der Waals surface area contributed by atoms with Gasteiger partial charge in [0.2, 0.25) is 29.5 Å². The standard InChI is InChI=1S/C71H118N8O23/c1-49(80)55(67(73)92)43-59(83)50(25-30-61(85)71(2,3)44-60(84)56(72)42-52-45-74-48-77-52)21-18-19-33-75-62(86)32-29-58(70(97)98)79-64(88)31-26-51(68(93)94)41-54(82)46-101-39-38-100-36-34-76-65(89)47-102-40-37-99-35-20-22-53(81)27-28-57(69(95)96)78-63(87)23-16-14-12-10-8-6-4-5-7-9-11-13-15-17-24-66(90)91/h45,48-51,55-58,80H,4-44,46-47,72H2,1-3H3,(H2,73,92)(H,74,77)(H,75,86)(H,76,89)(H,78,87)(H,79,88)(H,90,91)(H,93,94)(H,95,96)(H,97,98)/t49-,50-,51-,55+,56+,57+,58+/m1/s1. The third-order valence-electron chi connectivity index (χ3n) is 17.4. The molecule has 0 spiro atoms. The predicted molar refractivity (Wildman–Crippen MR) is 372 cm³/mol. The molecule has 1 rings (SSSR count). The van der Waals surface area contributed by atoms with Crippen molar-refractivity contribution in [3.63, 3.8) is 0 Å². The number of carboxylic acids is 4. The summed E-state index contributed by atoms with van der Waals surface area (Å²) in [5.41, 5.74) is 11.1. The number of hydrogen-bond donors (Lipinski definition) is 12. The van der Waals surface area contributed by atoms with E-state index in [2.05, 4.69) is 31.2 Å². The number of hydrogen-bond acceptors (Lipinski definition) is 21. The summed E-state index contributed by atoms with van der Waals surface area (Å²) >= 11 is 0. The highest BCUT2D eigenvalue weighted by Gasteiger charge is 2.35. The molecule has 0 radical (unpaired) electrons. The molecule has 0 aliphatic heterocycles. The Bertz CT molecular complexity index is 2690. The molecular formula is C71H118N8O23. The molecule has 14 N–H and O–H groups in total. The molecule has 0 aromatic carbocycles. The second-order valence-corrected chi connectivity index (χ2v) is 26.8. The van der Waals surface area contributed by atoms with Gasteiger partial charge in [-0.15, -0.1) is 0 Å². The Labute approximate surface area is 598 Å². The Hall–Kier alpha value is -7.45. The van der Waals surface area contributed by atoms with Crippen molar-refractivity contribution in [2.75, 3.05) is 65.9 Å². The van der Waals surface area contributed by atoms with Crippen LogP contribution in [0.15, 0.2) is 12.5 Å². The maximum atomic E-state index is 13.5. The first-order chi connectivity index (χ1) is 48.5. The highest BCUT2D eigenvalue weighted by Crippen LogP contribution is 2.29. The molecule has 0 aliphatic carbocycles. The zero-order valence-corrected chi connectivity index (χ0v) is 60.3. The number of amides is 5. The second-order valence-electron chi connectivity index (χ2n) is 26.8. The van der Waals surface area contributed by atoms with E-state index in [1.54, 1.807) is 20.0 Å². The lowest BCUT2D eigenvalue weighted by molar-refractivity contribution is -0.145. The van der Waals surface area contributed by atoms with Crippen molar-refractivity contribution in [3.8, 4) is 0 Å². The van der Waals surface area contributed by atoms with E-state index in [-0.39, 0.29) is 172 Å². The van der Waals surface area contributed by atoms with Gasteiger partial charge in [0.05, 0.1) is 63.3 Å². The Kier molecular flexibility index (Phi) is 50.9. The molecule has 580 valence electrons. The van der Waals surface area contributed by atoms with Crippen molar-refractivity contribution in [2.24, 2.45) is 34.6 Å². The number of Topliss-reactive ketones (excluding diaryl/α,β-unsaturated/α-hetero) is 5. The molecule has 102 heavy (non-hydrogen) atoms. The van der Waals surface area contributed by atoms with Crippen molar-refractivity contribution in [1.82, 2.24) is 31.2 Å². The van der Waals surface area contributed by atoms with Gasteiger partial charge in [-0.1, -0.05) is 97.3 Å². The number of rotatable bonds is 69. The van der Waals surface area contributed by atoms with Gasteiger partial charge in [-0.3, -0.25) is 57.5 Å². The van der Waals surface area contributed by atoms with Gasteiger partial charge in [-0.05, 0) is 64.7 Å². The summed E-state index contributed by atoms with van der Waals surface area (Å²) in [7, 11) is 0. The fourth-order valence-electron chi connectivity index (χ4n) is 11.1. The average Bonchev–Trinajstić information content (AvgIpc) is 1.000. The van der Waals surface area contributed by atoms with Gasteiger partial charge in [-0.2, -0.15) is 0 Å². The maximum Gasteiger partial charge on any atom is 0.326 e. The lowest BCUT2D eigenvalue weighted by Gasteiger charge is -2.25. The van der Waals surface area contributed by atoms with E-state index < -0.39 is 126 Å². The fraction of sp³-hybridized carbons (Fsp3) is 0.761. The van der Waals surface area contributed by atoms with Gasteiger partial charge in [0.25, 0.3) is 0 Å². The van der Waals surface area contributed by atoms with Crippen molar-refractivity contribution in [2.45, 2.75) is 257 Å². The zero-order valence-electron chi connectivity index (χ0n) is 60.3. The number of primary amides is 1. The van der Waals surface area contributed by atoms with Gasteiger partial charge in [-0.25, -0.2) is 14.6 Å². The first-order valence-electron chi connectivity index (χ1n) is 36.2. The summed E-state index contributed by atoms with van der Waals surface area (Å²) < 4.78 is 21.5. The molecule has 0 fully saturated rings. The number of ether oxygens (including phenoxy) is 4. The number of nitrogens with two attached hydrogens (primary N) is 2. The van der Waals surface area contributed by atoms with Crippen LogP contribution in [0.2, 0.25) is 0 Å². The summed E-state index contributed by atoms with van der Waals surface area (Å²) in [6.45, 7) is 4.70. The van der Waals surface area contributed by atoms with Crippen LogP contribution >= 0.6 is 0 Å². The van der Waals surface area contributed by atoms with E-state index >= 15 is 0 Å². The lowest BCUT2D eigenvalue weighted by Crippen LogP contribution is -2.42. The molecule has 0 bridgehead atoms. The van der Waals surface area contributed by atoms with Gasteiger partial charge >= 0.3 is 23.9 Å². The van der Waals surface area contributed by atoms with E-state index in [1.807, 2.05) is 0 Å². The molecule has 1 aromatic rings. The Morgan fingerprint density at radius 1 is 0.500 bits per heavy atom. The molecule has 0 saturated carbocycles. The molecular weight excluding hydrogens is 1330 g/mol. The highest BCUT2D eigenvalue weighted by atomic mass is 16.5. The van der Waals surface area contributed by atoms with Crippen molar-refractivity contribution >= 4 is 82.3 Å². The minimum Gasteiger partial charge on any atom is -0.481 e. The number of nitrogens with zero attached hydrogens (tertiary/aromatic N) is 1. The summed E-state index contributed by atoms with van der Waals surface area (Å²) in [6, 6.07) is -3.54. The molecule has 7 atom stereocenters. The van der Waals surface area contributed by atoms with Crippen LogP contribution in [0.25, 0.3) is 0 Å². The Morgan fingerprint density at radius 2 is 1.02 bits per heavy atom. The number of carbonyl (C=O) groups excluding carboxylic acids is 10. The first kappa shape index (κ1) is 92.6. The second kappa shape index (κ2) is 56.1. The molecule has 0 aliphatic rings. The first-order valence-corrected chi connectivity index (χ1v) is 36.2. The van der Waals surface area contributed by atoms with Crippen molar-refractivity contribution in [1.29, 1.82) is 0 Å². The lowest BCUT2D eigenvalue weighted by atomic mass is 9.77. The molecule has 1 heterocycles. The number of H-pyrrole nitrogens is 1. The number of carbonyl (C=O) groups is 14. The summed E-state index contributed by atoms with van der Waals surface area (Å²) in [5.74, 6) is -12.7. The van der Waals surface area contributed by atoms with Gasteiger partial charge in [0.15, 0.2) is 11.6 Å². The predicted octanol–water partition coefficient (Wildman–Crippen LogP) is 4.96. The maximum absolute atomic E-state index is 13.5. The van der Waals surface area contributed by atoms with E-state index in [4.69, 9.17) is 35.5 Å². The zero-order chi connectivity index (χ0) is 76.1. The smallest absolute Gasteiger partial charge is 0.326 e. The summed E-state index contributed by atoms with van der Waals surface area (Å²) in [4.78, 5) is 180. The van der Waals surface area contributed by atoms with Gasteiger partial charge < -0.3 is 82.2 Å². The Balaban J connectivity index is 2.26. The molecule has 0 saturated heterocycles. The van der Waals surface area contributed by atoms with Crippen molar-refractivity contribution in [3.05, 3.63) is 18.2 Å². The van der Waals surface area contributed by atoms with Crippen LogP contribution in [0.3, 0.4) is 0 Å². The van der Waals surface area contributed by atoms with Crippen molar-refractivity contribution < 1.29 is 112 Å². The number of carboxylic acid groups (broad SMARTS) is 4. The highest BCUT2D eigenvalue weighted by molar-refractivity contribution is 5.93. The Morgan fingerprint density at radius 3 is 1.57 bits per heavy atom. The number of unbranched alkanes of at least 4 members (excludes halogenated alkanes) is 14. The summed E-state index contributed by atoms with van der Waals surface area (Å²) in [6.07, 6.45) is 16.3. The quantitative estimate of drug-likeness (QED) is 0.0384. The average molecular weight is 1450 g/mol. The third-order valence-corrected chi connectivity index (χ3v) is 17.4. The molecule has 31 nitrogen and oxygen atoms in total. The number of aliphatic hydroxyl groups is 1. The van der Waals surface area contributed by atoms with E-state index in [9.17, 15) is 87.5 Å². The molecule has 31 heteroatoms. The van der Waals surface area contributed by atoms with Crippen LogP contribution in [0.5, 0.6) is 0 Å². The number of aromatic nitrogens is 2. The number of ketones is 5. The van der Waals surface area contributed by atoms with E-state index in [1.165, 1.54) is 45.4 Å². The monoisotopic (exact) mass is 1450 g/mol. The van der Waals surface area contributed by atoms with Gasteiger partial charge in [0, 0.05) is 114 Å². The number of aromatic amines is 1.